The van der Waals surface area contributed by atoms with Gasteiger partial charge in [-0.15, -0.1) is 5.54 Å². The van der Waals surface area contributed by atoms with Crippen LogP contribution in [0.2, 0.25) is 19.6 Å². The summed E-state index contributed by atoms with van der Waals surface area (Å²) in [6, 6.07) is 0. The molecule has 5 heteroatoms. The van der Waals surface area contributed by atoms with Crippen LogP contribution < -0.4 is 0 Å². The Morgan fingerprint density at radius 3 is 2.28 bits per heavy atom. The molecule has 0 aliphatic heterocycles. The van der Waals surface area contributed by atoms with E-state index in [-0.39, 0.29) is 18.4 Å². The molecular weight excluding hydrogens is 248 g/mol. The Bertz CT molecular complexity index is 324. The van der Waals surface area contributed by atoms with Gasteiger partial charge in [-0.1, -0.05) is 32.5 Å². The number of methoxy groups -OCH3 is 2. The molecule has 0 aromatic heterocycles. The summed E-state index contributed by atoms with van der Waals surface area (Å²) < 4.78 is 9.81. The van der Waals surface area contributed by atoms with E-state index in [0.29, 0.717) is 0 Å². The van der Waals surface area contributed by atoms with Crippen LogP contribution in [-0.2, 0) is 14.3 Å². The highest BCUT2D eigenvalue weighted by Crippen LogP contribution is 2.15. The van der Waals surface area contributed by atoms with Crippen molar-refractivity contribution in [3.8, 4) is 11.5 Å². The molecule has 18 heavy (non-hydrogen) atoms. The second-order valence-electron chi connectivity index (χ2n) is 5.38. The van der Waals surface area contributed by atoms with E-state index in [1.165, 1.54) is 7.11 Å². The quantitative estimate of drug-likeness (QED) is 0.467. The number of ether oxygens (including phenoxy) is 2. The Morgan fingerprint density at radius 2 is 1.89 bits per heavy atom. The summed E-state index contributed by atoms with van der Waals surface area (Å²) in [6.07, 6.45) is -1.21. The highest BCUT2D eigenvalue weighted by Gasteiger charge is 2.25. The summed E-state index contributed by atoms with van der Waals surface area (Å²) in [4.78, 5) is 11.1. The van der Waals surface area contributed by atoms with Crippen LogP contribution in [-0.4, -0.2) is 45.6 Å². The van der Waals surface area contributed by atoms with Gasteiger partial charge < -0.3 is 14.6 Å². The summed E-state index contributed by atoms with van der Waals surface area (Å²) in [7, 11) is 1.39. The zero-order valence-electron chi connectivity index (χ0n) is 12.1. The number of rotatable bonds is 5. The predicted octanol–water partition coefficient (Wildman–Crippen LogP) is 1.44. The van der Waals surface area contributed by atoms with E-state index < -0.39 is 20.1 Å². The normalized spacial score (nSPS) is 16.2. The van der Waals surface area contributed by atoms with Gasteiger partial charge in [0.1, 0.15) is 14.2 Å². The summed E-state index contributed by atoms with van der Waals surface area (Å²) in [5, 5.41) is 9.91. The second kappa shape index (κ2) is 7.57. The molecule has 0 aromatic carbocycles. The molecule has 0 radical (unpaired) electrons. The molecule has 3 atom stereocenters. The minimum Gasteiger partial charge on any atom is -0.469 e. The van der Waals surface area contributed by atoms with Gasteiger partial charge >= 0.3 is 5.97 Å². The van der Waals surface area contributed by atoms with Crippen molar-refractivity contribution in [2.45, 2.75) is 45.2 Å². The minimum absolute atomic E-state index is 0.0356. The molecule has 0 fully saturated rings. The van der Waals surface area contributed by atoms with Crippen LogP contribution in [0.3, 0.4) is 0 Å². The number of hydrogen-bond donors (Lipinski definition) is 1. The SMILES string of the molecule is COC(=O)CC(O)[C@H](C)[C@H](C#C[Si](C)(C)C)OC. The summed E-state index contributed by atoms with van der Waals surface area (Å²) in [5.41, 5.74) is 3.21. The van der Waals surface area contributed by atoms with Gasteiger partial charge in [-0.3, -0.25) is 4.79 Å². The smallest absolute Gasteiger partial charge is 0.308 e. The van der Waals surface area contributed by atoms with Crippen LogP contribution in [0.5, 0.6) is 0 Å². The first-order chi connectivity index (χ1) is 8.21. The molecule has 1 unspecified atom stereocenters. The first-order valence-corrected chi connectivity index (χ1v) is 9.51. The van der Waals surface area contributed by atoms with Crippen molar-refractivity contribution < 1.29 is 19.4 Å². The third-order valence-corrected chi connectivity index (χ3v) is 3.43. The van der Waals surface area contributed by atoms with Crippen molar-refractivity contribution in [1.82, 2.24) is 0 Å². The lowest BCUT2D eigenvalue weighted by Gasteiger charge is -2.23. The largest absolute Gasteiger partial charge is 0.469 e. The zero-order chi connectivity index (χ0) is 14.3. The Balaban J connectivity index is 4.64. The fourth-order valence-corrected chi connectivity index (χ4v) is 1.91. The molecule has 0 aliphatic rings. The molecule has 0 saturated heterocycles. The van der Waals surface area contributed by atoms with E-state index in [2.05, 4.69) is 35.8 Å². The molecule has 1 N–H and O–H groups in total. The lowest BCUT2D eigenvalue weighted by molar-refractivity contribution is -0.144. The molecule has 0 rings (SSSR count). The summed E-state index contributed by atoms with van der Waals surface area (Å²) in [5.74, 6) is 2.39. The third kappa shape index (κ3) is 6.79. The van der Waals surface area contributed by atoms with E-state index in [9.17, 15) is 9.90 Å². The molecule has 4 nitrogen and oxygen atoms in total. The Kier molecular flexibility index (Phi) is 7.22. The minimum atomic E-state index is -1.47. The average molecular weight is 272 g/mol. The summed E-state index contributed by atoms with van der Waals surface area (Å²) >= 11 is 0. The standard InChI is InChI=1S/C13H24O4Si/c1-10(11(14)9-13(15)17-3)12(16-2)7-8-18(4,5)6/h10-12,14H,9H2,1-6H3/t10-,11?,12-/m0/s1. The van der Waals surface area contributed by atoms with Crippen LogP contribution in [0, 0.1) is 17.4 Å². The van der Waals surface area contributed by atoms with Crippen molar-refractivity contribution in [2.24, 2.45) is 5.92 Å². The number of carbonyl (C=O) groups is 1. The highest BCUT2D eigenvalue weighted by molar-refractivity contribution is 6.83. The van der Waals surface area contributed by atoms with Gasteiger partial charge in [0.2, 0.25) is 0 Å². The van der Waals surface area contributed by atoms with E-state index in [1.54, 1.807) is 7.11 Å². The molecule has 0 aliphatic carbocycles. The van der Waals surface area contributed by atoms with Gasteiger partial charge in [0, 0.05) is 13.0 Å². The van der Waals surface area contributed by atoms with Crippen molar-refractivity contribution in [1.29, 1.82) is 0 Å². The maximum atomic E-state index is 11.1. The van der Waals surface area contributed by atoms with Gasteiger partial charge in [0.05, 0.1) is 19.6 Å². The average Bonchev–Trinajstić information content (AvgIpc) is 2.27. The maximum absolute atomic E-state index is 11.1. The Hall–Kier alpha value is -0.833. The molecule has 0 aromatic rings. The first-order valence-electron chi connectivity index (χ1n) is 6.01. The lowest BCUT2D eigenvalue weighted by atomic mass is 9.96. The van der Waals surface area contributed by atoms with Crippen LogP contribution in [0.4, 0.5) is 0 Å². The summed E-state index contributed by atoms with van der Waals surface area (Å²) in [6.45, 7) is 8.24. The topological polar surface area (TPSA) is 55.8 Å². The molecule has 0 saturated carbocycles. The molecule has 0 bridgehead atoms. The number of aliphatic hydroxyl groups excluding tert-OH is 1. The van der Waals surface area contributed by atoms with E-state index in [1.807, 2.05) is 6.92 Å². The van der Waals surface area contributed by atoms with Crippen molar-refractivity contribution in [3.05, 3.63) is 0 Å². The van der Waals surface area contributed by atoms with Crippen LogP contribution in [0.15, 0.2) is 0 Å². The first kappa shape index (κ1) is 17.2. The molecule has 104 valence electrons. The van der Waals surface area contributed by atoms with Crippen LogP contribution in [0.25, 0.3) is 0 Å². The fourth-order valence-electron chi connectivity index (χ4n) is 1.33. The number of hydrogen-bond acceptors (Lipinski definition) is 4. The monoisotopic (exact) mass is 272 g/mol. The van der Waals surface area contributed by atoms with Gasteiger partial charge in [0.15, 0.2) is 0 Å². The zero-order valence-corrected chi connectivity index (χ0v) is 13.1. The fraction of sp³-hybridized carbons (Fsp3) is 0.769. The maximum Gasteiger partial charge on any atom is 0.308 e. The van der Waals surface area contributed by atoms with Crippen LogP contribution in [0.1, 0.15) is 13.3 Å². The number of aliphatic hydroxyl groups is 1. The Labute approximate surface area is 111 Å². The van der Waals surface area contributed by atoms with E-state index in [4.69, 9.17) is 4.74 Å². The highest BCUT2D eigenvalue weighted by atomic mass is 28.3. The number of carbonyl (C=O) groups excluding carboxylic acids is 1. The predicted molar refractivity (Wildman–Crippen MR) is 73.7 cm³/mol. The Morgan fingerprint density at radius 1 is 1.33 bits per heavy atom. The van der Waals surface area contributed by atoms with Gasteiger partial charge in [0.25, 0.3) is 0 Å². The van der Waals surface area contributed by atoms with Gasteiger partial charge in [-0.2, -0.15) is 0 Å². The number of esters is 1. The van der Waals surface area contributed by atoms with Gasteiger partial charge in [-0.05, 0) is 0 Å². The van der Waals surface area contributed by atoms with Crippen molar-refractivity contribution in [3.63, 3.8) is 0 Å². The lowest BCUT2D eigenvalue weighted by Crippen LogP contribution is -2.32. The van der Waals surface area contributed by atoms with Gasteiger partial charge in [-0.25, -0.2) is 0 Å². The molecular formula is C13H24O4Si. The molecule has 0 amide bonds. The van der Waals surface area contributed by atoms with E-state index >= 15 is 0 Å². The molecule has 0 spiro atoms. The third-order valence-electron chi connectivity index (χ3n) is 2.53. The van der Waals surface area contributed by atoms with Crippen LogP contribution >= 0.6 is 0 Å². The second-order valence-corrected chi connectivity index (χ2v) is 10.1. The molecule has 0 heterocycles. The van der Waals surface area contributed by atoms with E-state index in [0.717, 1.165) is 0 Å². The van der Waals surface area contributed by atoms with Crippen molar-refractivity contribution >= 4 is 14.0 Å². The van der Waals surface area contributed by atoms with Crippen molar-refractivity contribution in [2.75, 3.05) is 14.2 Å².